The maximum absolute atomic E-state index is 12.8. The number of hydrogen-bond donors (Lipinski definition) is 1. The Balaban J connectivity index is 2.19. The molecule has 7 heteroatoms. The molecule has 2 rings (SSSR count). The summed E-state index contributed by atoms with van der Waals surface area (Å²) >= 11 is 0. The molecule has 0 aliphatic carbocycles. The minimum Gasteiger partial charge on any atom is -0.464 e. The number of carbonyl (C=O) groups excluding carboxylic acids is 3. The summed E-state index contributed by atoms with van der Waals surface area (Å²) in [7, 11) is 1.21. The topological polar surface area (TPSA) is 98.5 Å². The van der Waals surface area contributed by atoms with E-state index in [9.17, 15) is 14.4 Å². The number of amides is 1. The van der Waals surface area contributed by atoms with E-state index in [0.717, 1.165) is 11.8 Å². The van der Waals surface area contributed by atoms with E-state index in [1.165, 1.54) is 7.11 Å². The lowest BCUT2D eigenvalue weighted by Gasteiger charge is -2.23. The van der Waals surface area contributed by atoms with Gasteiger partial charge in [0.25, 0.3) is 5.89 Å². The molecule has 144 valence electrons. The molecule has 0 saturated carbocycles. The first-order valence-electron chi connectivity index (χ1n) is 8.65. The zero-order chi connectivity index (χ0) is 20.0. The second-order valence-corrected chi connectivity index (χ2v) is 7.19. The van der Waals surface area contributed by atoms with Crippen molar-refractivity contribution in [3.8, 4) is 0 Å². The van der Waals surface area contributed by atoms with E-state index in [1.807, 2.05) is 30.3 Å². The Hall–Kier alpha value is -2.96. The summed E-state index contributed by atoms with van der Waals surface area (Å²) in [4.78, 5) is 40.6. The normalized spacial score (nSPS) is 12.3. The molecule has 0 aliphatic heterocycles. The number of esters is 1. The van der Waals surface area contributed by atoms with Gasteiger partial charge in [0, 0.05) is 5.41 Å². The molecule has 0 radical (unpaired) electrons. The van der Waals surface area contributed by atoms with Crippen molar-refractivity contribution in [1.29, 1.82) is 0 Å². The Bertz CT molecular complexity index is 805. The van der Waals surface area contributed by atoms with Gasteiger partial charge in [0.2, 0.25) is 11.7 Å². The molecule has 0 bridgehead atoms. The predicted octanol–water partition coefficient (Wildman–Crippen LogP) is 2.81. The van der Waals surface area contributed by atoms with Crippen molar-refractivity contribution < 1.29 is 23.5 Å². The molecule has 1 atom stereocenters. The fourth-order valence-corrected chi connectivity index (χ4v) is 2.33. The van der Waals surface area contributed by atoms with Gasteiger partial charge in [-0.25, -0.2) is 4.79 Å². The van der Waals surface area contributed by atoms with Crippen molar-refractivity contribution in [2.45, 2.75) is 39.7 Å². The summed E-state index contributed by atoms with van der Waals surface area (Å²) in [5, 5.41) is 2.77. The van der Waals surface area contributed by atoms with Crippen LogP contribution in [-0.2, 0) is 16.0 Å². The van der Waals surface area contributed by atoms with Crippen molar-refractivity contribution in [3.05, 3.63) is 53.7 Å². The van der Waals surface area contributed by atoms with E-state index < -0.39 is 23.2 Å². The molecule has 0 spiro atoms. The van der Waals surface area contributed by atoms with Crippen molar-refractivity contribution >= 4 is 17.7 Å². The van der Waals surface area contributed by atoms with Crippen LogP contribution in [0.25, 0.3) is 0 Å². The van der Waals surface area contributed by atoms with Crippen molar-refractivity contribution in [2.24, 2.45) is 5.41 Å². The van der Waals surface area contributed by atoms with Gasteiger partial charge in [-0.15, -0.1) is 0 Å². The Morgan fingerprint density at radius 2 is 1.85 bits per heavy atom. The summed E-state index contributed by atoms with van der Waals surface area (Å²) in [6.07, 6.45) is 2.03. The van der Waals surface area contributed by atoms with Crippen LogP contribution in [0.15, 0.2) is 41.0 Å². The minimum atomic E-state index is -0.818. The molecule has 1 aromatic carbocycles. The van der Waals surface area contributed by atoms with Gasteiger partial charge in [-0.05, 0) is 18.4 Å². The molecule has 0 fully saturated rings. The van der Waals surface area contributed by atoms with Gasteiger partial charge >= 0.3 is 5.97 Å². The number of ether oxygens (including phenoxy) is 1. The van der Waals surface area contributed by atoms with Crippen molar-refractivity contribution in [3.63, 3.8) is 0 Å². The molecule has 1 amide bonds. The van der Waals surface area contributed by atoms with Crippen LogP contribution >= 0.6 is 0 Å². The molecular weight excluding hydrogens is 348 g/mol. The number of hydrogen-bond acceptors (Lipinski definition) is 6. The highest BCUT2D eigenvalue weighted by Gasteiger charge is 2.30. The number of nitrogens with one attached hydrogen (secondary N) is 1. The maximum Gasteiger partial charge on any atom is 0.360 e. The lowest BCUT2D eigenvalue weighted by atomic mass is 9.94. The number of aryl methyl sites for hydroxylation is 1. The van der Waals surface area contributed by atoms with E-state index >= 15 is 0 Å². The average molecular weight is 372 g/mol. The van der Waals surface area contributed by atoms with Crippen LogP contribution in [0.5, 0.6) is 0 Å². The fourth-order valence-electron chi connectivity index (χ4n) is 2.33. The maximum atomic E-state index is 12.8. The number of oxazole rings is 1. The smallest absolute Gasteiger partial charge is 0.360 e. The second kappa shape index (κ2) is 8.62. The average Bonchev–Trinajstić information content (AvgIpc) is 3.14. The highest BCUT2D eigenvalue weighted by Crippen LogP contribution is 2.16. The van der Waals surface area contributed by atoms with Gasteiger partial charge in [-0.3, -0.25) is 9.59 Å². The van der Waals surface area contributed by atoms with Crippen LogP contribution in [0.3, 0.4) is 0 Å². The largest absolute Gasteiger partial charge is 0.464 e. The van der Waals surface area contributed by atoms with E-state index in [2.05, 4.69) is 15.0 Å². The Morgan fingerprint density at radius 1 is 1.19 bits per heavy atom. The molecule has 1 aromatic heterocycles. The highest BCUT2D eigenvalue weighted by atomic mass is 16.5. The molecular formula is C20H24N2O5. The molecule has 0 saturated heterocycles. The SMILES string of the molecule is COC(=O)c1coc(C(=O)C(CCc2ccccc2)NC(=O)C(C)(C)C)n1. The summed E-state index contributed by atoms with van der Waals surface area (Å²) < 4.78 is 9.70. The zero-order valence-electron chi connectivity index (χ0n) is 15.9. The Labute approximate surface area is 158 Å². The van der Waals surface area contributed by atoms with Crippen molar-refractivity contribution in [1.82, 2.24) is 10.3 Å². The highest BCUT2D eigenvalue weighted by molar-refractivity contribution is 6.00. The fraction of sp³-hybridized carbons (Fsp3) is 0.400. The zero-order valence-corrected chi connectivity index (χ0v) is 15.9. The molecule has 7 nitrogen and oxygen atoms in total. The van der Waals surface area contributed by atoms with E-state index in [0.29, 0.717) is 12.8 Å². The standard InChI is InChI=1S/C20H24N2O5/c1-20(2,3)19(25)22-14(11-10-13-8-6-5-7-9-13)16(23)17-21-15(12-27-17)18(24)26-4/h5-9,12,14H,10-11H2,1-4H3,(H,22,25). The van der Waals surface area contributed by atoms with Gasteiger partial charge in [0.1, 0.15) is 6.26 Å². The number of rotatable bonds is 7. The molecule has 1 N–H and O–H groups in total. The quantitative estimate of drug-likeness (QED) is 0.593. The lowest BCUT2D eigenvalue weighted by molar-refractivity contribution is -0.129. The number of aromatic nitrogens is 1. The first-order valence-corrected chi connectivity index (χ1v) is 8.65. The van der Waals surface area contributed by atoms with Crippen LogP contribution < -0.4 is 5.32 Å². The van der Waals surface area contributed by atoms with Gasteiger partial charge in [0.15, 0.2) is 5.69 Å². The van der Waals surface area contributed by atoms with Crippen LogP contribution in [0, 0.1) is 5.41 Å². The van der Waals surface area contributed by atoms with Gasteiger partial charge in [-0.1, -0.05) is 51.1 Å². The Kier molecular flexibility index (Phi) is 6.50. The summed E-state index contributed by atoms with van der Waals surface area (Å²) in [5.74, 6) is -1.67. The number of ketones is 1. The molecule has 2 aromatic rings. The van der Waals surface area contributed by atoms with Gasteiger partial charge in [0.05, 0.1) is 13.2 Å². The number of methoxy groups -OCH3 is 1. The summed E-state index contributed by atoms with van der Waals surface area (Å²) in [6.45, 7) is 5.30. The molecule has 1 heterocycles. The third kappa shape index (κ3) is 5.51. The van der Waals surface area contributed by atoms with Crippen LogP contribution in [0.4, 0.5) is 0 Å². The first kappa shape index (κ1) is 20.4. The molecule has 1 unspecified atom stereocenters. The van der Waals surface area contributed by atoms with Crippen LogP contribution in [-0.4, -0.2) is 35.8 Å². The van der Waals surface area contributed by atoms with Crippen LogP contribution in [0.2, 0.25) is 0 Å². The predicted molar refractivity (Wildman–Crippen MR) is 98.3 cm³/mol. The number of Topliss-reactive ketones (excluding diaryl/α,β-unsaturated/α-hetero) is 1. The number of carbonyl (C=O) groups is 3. The third-order valence-electron chi connectivity index (χ3n) is 3.98. The second-order valence-electron chi connectivity index (χ2n) is 7.19. The van der Waals surface area contributed by atoms with Crippen LogP contribution in [0.1, 0.15) is 53.9 Å². The molecule has 27 heavy (non-hydrogen) atoms. The number of nitrogens with zero attached hydrogens (tertiary/aromatic N) is 1. The Morgan fingerprint density at radius 3 is 2.44 bits per heavy atom. The lowest BCUT2D eigenvalue weighted by Crippen LogP contribution is -2.46. The monoisotopic (exact) mass is 372 g/mol. The summed E-state index contributed by atoms with van der Waals surface area (Å²) in [5.41, 5.74) is 0.298. The van der Waals surface area contributed by atoms with E-state index in [4.69, 9.17) is 4.42 Å². The molecule has 0 aliphatic rings. The van der Waals surface area contributed by atoms with E-state index in [-0.39, 0.29) is 17.5 Å². The first-order chi connectivity index (χ1) is 12.7. The summed E-state index contributed by atoms with van der Waals surface area (Å²) in [6, 6.07) is 8.82. The van der Waals surface area contributed by atoms with Crippen molar-refractivity contribution in [2.75, 3.05) is 7.11 Å². The van der Waals surface area contributed by atoms with E-state index in [1.54, 1.807) is 20.8 Å². The van der Waals surface area contributed by atoms with Gasteiger partial charge < -0.3 is 14.5 Å². The van der Waals surface area contributed by atoms with Gasteiger partial charge in [-0.2, -0.15) is 4.98 Å². The third-order valence-corrected chi connectivity index (χ3v) is 3.98. The number of benzene rings is 1. The minimum absolute atomic E-state index is 0.0928.